The van der Waals surface area contributed by atoms with E-state index in [1.54, 1.807) is 6.20 Å². The van der Waals surface area contributed by atoms with E-state index in [9.17, 15) is 9.90 Å². The van der Waals surface area contributed by atoms with Gasteiger partial charge in [0.05, 0.1) is 5.56 Å². The van der Waals surface area contributed by atoms with Gasteiger partial charge in [0, 0.05) is 12.4 Å². The Kier molecular flexibility index (Phi) is 2.66. The zero-order valence-corrected chi connectivity index (χ0v) is 11.9. The van der Waals surface area contributed by atoms with Crippen LogP contribution in [0.4, 0.5) is 0 Å². The standard InChI is InChI=1S/C17H21NO2/c1-9-7-18-8-14(17(19)20)15(9)16-12-3-10-2-11(5-12)6-13(16)4-10/h7-8,10-13,16H,2-6H2,1H3,(H,19,20). The summed E-state index contributed by atoms with van der Waals surface area (Å²) >= 11 is 0. The predicted octanol–water partition coefficient (Wildman–Crippen LogP) is 3.63. The third-order valence-electron chi connectivity index (χ3n) is 5.98. The molecule has 20 heavy (non-hydrogen) atoms. The van der Waals surface area contributed by atoms with Crippen LogP contribution < -0.4 is 0 Å². The summed E-state index contributed by atoms with van der Waals surface area (Å²) in [6.45, 7) is 2.03. The molecule has 4 saturated carbocycles. The molecule has 0 radical (unpaired) electrons. The Labute approximate surface area is 119 Å². The molecule has 3 heteroatoms. The van der Waals surface area contributed by atoms with Crippen LogP contribution in [0.2, 0.25) is 0 Å². The molecule has 0 atom stereocenters. The highest BCUT2D eigenvalue weighted by molar-refractivity contribution is 5.89. The van der Waals surface area contributed by atoms with E-state index in [2.05, 4.69) is 4.98 Å². The molecule has 1 heterocycles. The number of pyridine rings is 1. The minimum Gasteiger partial charge on any atom is -0.478 e. The predicted molar refractivity (Wildman–Crippen MR) is 75.7 cm³/mol. The van der Waals surface area contributed by atoms with Gasteiger partial charge in [0.2, 0.25) is 0 Å². The van der Waals surface area contributed by atoms with Crippen LogP contribution in [0.3, 0.4) is 0 Å². The molecule has 1 aromatic rings. The summed E-state index contributed by atoms with van der Waals surface area (Å²) in [4.78, 5) is 15.7. The fraction of sp³-hybridized carbons (Fsp3) is 0.647. The Bertz CT molecular complexity index is 538. The molecular weight excluding hydrogens is 250 g/mol. The topological polar surface area (TPSA) is 50.2 Å². The van der Waals surface area contributed by atoms with Crippen LogP contribution >= 0.6 is 0 Å². The highest BCUT2D eigenvalue weighted by Crippen LogP contribution is 2.60. The summed E-state index contributed by atoms with van der Waals surface area (Å²) < 4.78 is 0. The molecule has 4 aliphatic carbocycles. The van der Waals surface area contributed by atoms with Gasteiger partial charge in [-0.05, 0) is 79.7 Å². The molecule has 1 N–H and O–H groups in total. The van der Waals surface area contributed by atoms with Crippen LogP contribution in [0.25, 0.3) is 0 Å². The zero-order chi connectivity index (χ0) is 13.9. The Morgan fingerprint density at radius 3 is 2.25 bits per heavy atom. The van der Waals surface area contributed by atoms with Gasteiger partial charge >= 0.3 is 5.97 Å². The summed E-state index contributed by atoms with van der Waals surface area (Å²) in [5, 5.41) is 9.50. The number of aromatic carboxylic acids is 1. The first-order chi connectivity index (χ1) is 9.63. The van der Waals surface area contributed by atoms with Crippen molar-refractivity contribution in [2.45, 2.75) is 44.9 Å². The van der Waals surface area contributed by atoms with E-state index in [0.717, 1.165) is 23.0 Å². The number of nitrogens with zero attached hydrogens (tertiary/aromatic N) is 1. The smallest absolute Gasteiger partial charge is 0.337 e. The van der Waals surface area contributed by atoms with Crippen LogP contribution in [0, 0.1) is 30.6 Å². The lowest BCUT2D eigenvalue weighted by atomic mass is 9.50. The van der Waals surface area contributed by atoms with Gasteiger partial charge in [-0.15, -0.1) is 0 Å². The van der Waals surface area contributed by atoms with E-state index < -0.39 is 5.97 Å². The summed E-state index contributed by atoms with van der Waals surface area (Å²) in [6, 6.07) is 0. The maximum atomic E-state index is 11.6. The molecule has 4 aliphatic rings. The van der Waals surface area contributed by atoms with Crippen molar-refractivity contribution >= 4 is 5.97 Å². The van der Waals surface area contributed by atoms with Gasteiger partial charge in [-0.25, -0.2) is 4.79 Å². The van der Waals surface area contributed by atoms with E-state index in [0.29, 0.717) is 23.3 Å². The molecule has 4 bridgehead atoms. The van der Waals surface area contributed by atoms with Crippen LogP contribution in [0.15, 0.2) is 12.4 Å². The Morgan fingerprint density at radius 2 is 1.70 bits per heavy atom. The molecule has 106 valence electrons. The average Bonchev–Trinajstić information content (AvgIpc) is 2.38. The highest BCUT2D eigenvalue weighted by atomic mass is 16.4. The molecule has 0 saturated heterocycles. The van der Waals surface area contributed by atoms with E-state index in [1.807, 2.05) is 13.1 Å². The molecule has 0 aromatic carbocycles. The van der Waals surface area contributed by atoms with Gasteiger partial charge in [0.1, 0.15) is 0 Å². The molecule has 4 fully saturated rings. The van der Waals surface area contributed by atoms with Crippen molar-refractivity contribution in [2.24, 2.45) is 23.7 Å². The summed E-state index contributed by atoms with van der Waals surface area (Å²) in [5.74, 6) is 2.92. The Balaban J connectivity index is 1.80. The van der Waals surface area contributed by atoms with Crippen molar-refractivity contribution in [2.75, 3.05) is 0 Å². The van der Waals surface area contributed by atoms with Gasteiger partial charge in [-0.1, -0.05) is 0 Å². The van der Waals surface area contributed by atoms with Gasteiger partial charge in [0.15, 0.2) is 0 Å². The lowest BCUT2D eigenvalue weighted by Crippen LogP contribution is -2.44. The number of rotatable bonds is 2. The number of aryl methyl sites for hydroxylation is 1. The Morgan fingerprint density at radius 1 is 1.10 bits per heavy atom. The number of carboxylic acids is 1. The third kappa shape index (κ3) is 1.72. The minimum atomic E-state index is -0.815. The molecule has 1 aromatic heterocycles. The molecule has 0 aliphatic heterocycles. The maximum absolute atomic E-state index is 11.6. The molecule has 0 spiro atoms. The van der Waals surface area contributed by atoms with E-state index in [4.69, 9.17) is 0 Å². The van der Waals surface area contributed by atoms with Crippen molar-refractivity contribution in [3.63, 3.8) is 0 Å². The molecule has 0 amide bonds. The van der Waals surface area contributed by atoms with Gasteiger partial charge in [-0.2, -0.15) is 0 Å². The van der Waals surface area contributed by atoms with Crippen LogP contribution in [0.5, 0.6) is 0 Å². The van der Waals surface area contributed by atoms with E-state index in [-0.39, 0.29) is 0 Å². The number of aromatic nitrogens is 1. The normalized spacial score (nSPS) is 38.1. The van der Waals surface area contributed by atoms with Gasteiger partial charge in [-0.3, -0.25) is 4.98 Å². The maximum Gasteiger partial charge on any atom is 0.337 e. The van der Waals surface area contributed by atoms with Crippen molar-refractivity contribution in [1.82, 2.24) is 4.98 Å². The van der Waals surface area contributed by atoms with Gasteiger partial charge in [0.25, 0.3) is 0 Å². The van der Waals surface area contributed by atoms with Gasteiger partial charge < -0.3 is 5.11 Å². The minimum absolute atomic E-state index is 0.447. The van der Waals surface area contributed by atoms with E-state index >= 15 is 0 Å². The molecular formula is C17H21NO2. The summed E-state index contributed by atoms with van der Waals surface area (Å²) in [7, 11) is 0. The second-order valence-electron chi connectivity index (χ2n) is 7.18. The average molecular weight is 271 g/mol. The monoisotopic (exact) mass is 271 g/mol. The van der Waals surface area contributed by atoms with Crippen LogP contribution in [0.1, 0.15) is 59.5 Å². The number of hydrogen-bond acceptors (Lipinski definition) is 2. The first kappa shape index (κ1) is 12.4. The van der Waals surface area contributed by atoms with Crippen molar-refractivity contribution < 1.29 is 9.90 Å². The van der Waals surface area contributed by atoms with Crippen LogP contribution in [-0.4, -0.2) is 16.1 Å². The molecule has 5 rings (SSSR count). The fourth-order valence-electron chi connectivity index (χ4n) is 5.58. The first-order valence-electron chi connectivity index (χ1n) is 7.81. The summed E-state index contributed by atoms with van der Waals surface area (Å²) in [5.41, 5.74) is 2.62. The van der Waals surface area contributed by atoms with Crippen molar-refractivity contribution in [3.05, 3.63) is 29.1 Å². The quantitative estimate of drug-likeness (QED) is 0.893. The van der Waals surface area contributed by atoms with Crippen LogP contribution in [-0.2, 0) is 0 Å². The second-order valence-corrected chi connectivity index (χ2v) is 7.18. The largest absolute Gasteiger partial charge is 0.478 e. The third-order valence-corrected chi connectivity index (χ3v) is 5.98. The number of carbonyl (C=O) groups is 1. The molecule has 0 unspecified atom stereocenters. The number of carboxylic acid groups (broad SMARTS) is 1. The second kappa shape index (κ2) is 4.31. The number of hydrogen-bond donors (Lipinski definition) is 1. The lowest BCUT2D eigenvalue weighted by Gasteiger charge is -2.55. The first-order valence-corrected chi connectivity index (χ1v) is 7.81. The fourth-order valence-corrected chi connectivity index (χ4v) is 5.58. The highest BCUT2D eigenvalue weighted by Gasteiger charge is 2.49. The van der Waals surface area contributed by atoms with E-state index in [1.165, 1.54) is 32.1 Å². The zero-order valence-electron chi connectivity index (χ0n) is 11.9. The molecule has 3 nitrogen and oxygen atoms in total. The summed E-state index contributed by atoms with van der Waals surface area (Å²) in [6.07, 6.45) is 10.1. The Hall–Kier alpha value is -1.38. The van der Waals surface area contributed by atoms with Crippen molar-refractivity contribution in [1.29, 1.82) is 0 Å². The lowest BCUT2D eigenvalue weighted by molar-refractivity contribution is -0.00339. The SMILES string of the molecule is Cc1cncc(C(=O)O)c1C1C2CC3CC(C2)CC1C3. The van der Waals surface area contributed by atoms with Crippen molar-refractivity contribution in [3.8, 4) is 0 Å².